The van der Waals surface area contributed by atoms with E-state index in [1.54, 1.807) is 37.3 Å². The fourth-order valence-electron chi connectivity index (χ4n) is 4.49. The Kier molecular flexibility index (Phi) is 6.10. The van der Waals surface area contributed by atoms with Gasteiger partial charge in [0.25, 0.3) is 5.91 Å². The average Bonchev–Trinajstić information content (AvgIpc) is 3.56. The maximum absolute atomic E-state index is 14.8. The lowest BCUT2D eigenvalue weighted by Gasteiger charge is -2.35. The van der Waals surface area contributed by atoms with Crippen molar-refractivity contribution in [3.8, 4) is 11.6 Å². The number of hydrogen-bond donors (Lipinski definition) is 0. The number of hydrogen-bond acceptors (Lipinski definition) is 6. The molecule has 3 fully saturated rings. The van der Waals surface area contributed by atoms with E-state index >= 15 is 0 Å². The van der Waals surface area contributed by atoms with Crippen LogP contribution >= 0.6 is 0 Å². The highest BCUT2D eigenvalue weighted by atomic mass is 19.1. The molecular formula is C25H29FN4O4. The highest BCUT2D eigenvalue weighted by molar-refractivity contribution is 5.98. The van der Waals surface area contributed by atoms with Crippen molar-refractivity contribution < 1.29 is 23.5 Å². The van der Waals surface area contributed by atoms with Crippen molar-refractivity contribution in [1.82, 2.24) is 14.9 Å². The van der Waals surface area contributed by atoms with E-state index in [0.717, 1.165) is 0 Å². The van der Waals surface area contributed by atoms with Crippen LogP contribution in [-0.2, 0) is 9.59 Å². The van der Waals surface area contributed by atoms with Gasteiger partial charge >= 0.3 is 0 Å². The molecule has 0 unspecified atom stereocenters. The minimum absolute atomic E-state index is 0.0672. The normalized spacial score (nSPS) is 24.0. The van der Waals surface area contributed by atoms with Crippen LogP contribution in [0.4, 0.5) is 10.1 Å². The molecule has 2 saturated carbocycles. The largest absolute Gasteiger partial charge is 0.479 e. The van der Waals surface area contributed by atoms with Crippen molar-refractivity contribution >= 4 is 17.5 Å². The number of carbonyl (C=O) groups is 2. The van der Waals surface area contributed by atoms with Gasteiger partial charge in [-0.3, -0.25) is 14.6 Å². The molecule has 1 aliphatic heterocycles. The molecule has 0 spiro atoms. The van der Waals surface area contributed by atoms with E-state index in [9.17, 15) is 14.0 Å². The third-order valence-corrected chi connectivity index (χ3v) is 6.79. The Labute approximate surface area is 198 Å². The van der Waals surface area contributed by atoms with E-state index in [1.807, 2.05) is 0 Å². The Morgan fingerprint density at radius 2 is 1.97 bits per heavy atom. The fraction of sp³-hybridized carbons (Fsp3) is 0.520. The molecule has 3 aliphatic rings. The van der Waals surface area contributed by atoms with Gasteiger partial charge in [0.05, 0.1) is 30.4 Å². The summed E-state index contributed by atoms with van der Waals surface area (Å²) in [6.07, 6.45) is 6.53. The SMILES string of the molecule is CN(C)C(=O)C1CC(c2ncc(N3CC[C@@H](Oc4ccc(OCC5CC5)nc4)C3=O)cc2F)C1. The zero-order valence-electron chi connectivity index (χ0n) is 19.4. The van der Waals surface area contributed by atoms with Gasteiger partial charge < -0.3 is 19.3 Å². The molecule has 1 saturated heterocycles. The third-order valence-electron chi connectivity index (χ3n) is 6.79. The van der Waals surface area contributed by atoms with Crippen LogP contribution in [0.25, 0.3) is 0 Å². The van der Waals surface area contributed by atoms with E-state index in [-0.39, 0.29) is 23.7 Å². The minimum Gasteiger partial charge on any atom is -0.479 e. The van der Waals surface area contributed by atoms with Crippen LogP contribution in [0.1, 0.15) is 43.7 Å². The van der Waals surface area contributed by atoms with Crippen LogP contribution in [0.2, 0.25) is 0 Å². The summed E-state index contributed by atoms with van der Waals surface area (Å²) in [5.41, 5.74) is 0.778. The molecule has 3 heterocycles. The van der Waals surface area contributed by atoms with Crippen molar-refractivity contribution in [3.63, 3.8) is 0 Å². The first-order valence-corrected chi connectivity index (χ1v) is 11.8. The fourth-order valence-corrected chi connectivity index (χ4v) is 4.49. The van der Waals surface area contributed by atoms with Gasteiger partial charge in [0.2, 0.25) is 11.8 Å². The molecule has 0 bridgehead atoms. The predicted molar refractivity (Wildman–Crippen MR) is 122 cm³/mol. The molecule has 2 amide bonds. The highest BCUT2D eigenvalue weighted by Gasteiger charge is 2.39. The second kappa shape index (κ2) is 9.19. The zero-order chi connectivity index (χ0) is 23.8. The Morgan fingerprint density at radius 3 is 2.62 bits per heavy atom. The summed E-state index contributed by atoms with van der Waals surface area (Å²) in [5.74, 6) is 0.923. The number of pyridine rings is 2. The standard InChI is InChI=1S/C25H29FN4O4/c1-29(2)24(31)17-9-16(10-17)23-20(26)11-18(12-28-23)30-8-7-21(25(30)32)34-19-5-6-22(27-13-19)33-14-15-3-4-15/h5-6,11-13,15-17,21H,3-4,7-10,14H2,1-2H3/t16?,17?,21-/m1/s1. The molecule has 34 heavy (non-hydrogen) atoms. The Balaban J connectivity index is 1.17. The monoisotopic (exact) mass is 468 g/mol. The van der Waals surface area contributed by atoms with Gasteiger partial charge in [-0.2, -0.15) is 0 Å². The van der Waals surface area contributed by atoms with Crippen LogP contribution in [-0.4, -0.2) is 60.0 Å². The van der Waals surface area contributed by atoms with Gasteiger partial charge in [0.1, 0.15) is 11.6 Å². The average molecular weight is 469 g/mol. The Morgan fingerprint density at radius 1 is 1.18 bits per heavy atom. The molecule has 2 aromatic rings. The summed E-state index contributed by atoms with van der Waals surface area (Å²) in [4.78, 5) is 36.6. The summed E-state index contributed by atoms with van der Waals surface area (Å²) < 4.78 is 26.3. The zero-order valence-corrected chi connectivity index (χ0v) is 19.4. The summed E-state index contributed by atoms with van der Waals surface area (Å²) in [6.45, 7) is 1.10. The molecule has 5 rings (SSSR count). The molecule has 0 radical (unpaired) electrons. The number of aromatic nitrogens is 2. The van der Waals surface area contributed by atoms with Gasteiger partial charge in [0, 0.05) is 51.0 Å². The van der Waals surface area contributed by atoms with E-state index in [1.165, 1.54) is 30.0 Å². The lowest BCUT2D eigenvalue weighted by atomic mass is 9.72. The molecule has 2 aliphatic carbocycles. The number of halogens is 1. The molecule has 180 valence electrons. The van der Waals surface area contributed by atoms with E-state index < -0.39 is 11.9 Å². The molecule has 0 aromatic carbocycles. The van der Waals surface area contributed by atoms with Crippen molar-refractivity contribution in [2.45, 2.75) is 44.1 Å². The second-order valence-electron chi connectivity index (χ2n) is 9.63. The van der Waals surface area contributed by atoms with Gasteiger partial charge in [-0.15, -0.1) is 0 Å². The van der Waals surface area contributed by atoms with E-state index in [4.69, 9.17) is 9.47 Å². The number of ether oxygens (including phenoxy) is 2. The van der Waals surface area contributed by atoms with E-state index in [2.05, 4.69) is 9.97 Å². The topological polar surface area (TPSA) is 84.9 Å². The van der Waals surface area contributed by atoms with Crippen molar-refractivity contribution in [2.75, 3.05) is 32.1 Å². The first-order chi connectivity index (χ1) is 16.4. The number of nitrogens with zero attached hydrogens (tertiary/aromatic N) is 4. The minimum atomic E-state index is -0.660. The maximum atomic E-state index is 14.8. The highest BCUT2D eigenvalue weighted by Crippen LogP contribution is 2.43. The first kappa shape index (κ1) is 22.6. The quantitative estimate of drug-likeness (QED) is 0.592. The smallest absolute Gasteiger partial charge is 0.268 e. The van der Waals surface area contributed by atoms with Crippen LogP contribution < -0.4 is 14.4 Å². The first-order valence-electron chi connectivity index (χ1n) is 11.8. The summed E-state index contributed by atoms with van der Waals surface area (Å²) in [7, 11) is 3.45. The van der Waals surface area contributed by atoms with Gasteiger partial charge in [-0.25, -0.2) is 9.37 Å². The van der Waals surface area contributed by atoms with Crippen LogP contribution in [0.3, 0.4) is 0 Å². The second-order valence-corrected chi connectivity index (χ2v) is 9.63. The van der Waals surface area contributed by atoms with Crippen molar-refractivity contribution in [3.05, 3.63) is 42.1 Å². The number of carbonyl (C=O) groups excluding carboxylic acids is 2. The molecule has 0 N–H and O–H groups in total. The van der Waals surface area contributed by atoms with E-state index in [0.29, 0.717) is 61.3 Å². The van der Waals surface area contributed by atoms with Crippen molar-refractivity contribution in [1.29, 1.82) is 0 Å². The van der Waals surface area contributed by atoms with Crippen LogP contribution in [0.5, 0.6) is 11.6 Å². The summed E-state index contributed by atoms with van der Waals surface area (Å²) in [5, 5.41) is 0. The molecule has 8 nitrogen and oxygen atoms in total. The molecule has 9 heteroatoms. The number of amides is 2. The maximum Gasteiger partial charge on any atom is 0.268 e. The third kappa shape index (κ3) is 4.69. The van der Waals surface area contributed by atoms with Crippen molar-refractivity contribution in [2.24, 2.45) is 11.8 Å². The summed E-state index contributed by atoms with van der Waals surface area (Å²) >= 11 is 0. The molecule has 1 atom stereocenters. The van der Waals surface area contributed by atoms with Gasteiger partial charge in [-0.1, -0.05) is 0 Å². The molecule has 2 aromatic heterocycles. The lowest BCUT2D eigenvalue weighted by molar-refractivity contribution is -0.136. The van der Waals surface area contributed by atoms with Crippen LogP contribution in [0.15, 0.2) is 30.6 Å². The van der Waals surface area contributed by atoms with Crippen LogP contribution in [0, 0.1) is 17.7 Å². The van der Waals surface area contributed by atoms with Gasteiger partial charge in [-0.05, 0) is 37.7 Å². The Bertz CT molecular complexity index is 1070. The van der Waals surface area contributed by atoms with Gasteiger partial charge in [0.15, 0.2) is 6.10 Å². The summed E-state index contributed by atoms with van der Waals surface area (Å²) in [6, 6.07) is 4.84. The number of anilines is 1. The number of rotatable bonds is 8. The Hall–Kier alpha value is -3.23. The molecular weight excluding hydrogens is 439 g/mol. The lowest BCUT2D eigenvalue weighted by Crippen LogP contribution is -2.37. The predicted octanol–water partition coefficient (Wildman–Crippen LogP) is 3.17.